The summed E-state index contributed by atoms with van der Waals surface area (Å²) in [7, 11) is -0.690. The van der Waals surface area contributed by atoms with Gasteiger partial charge >= 0.3 is 5.69 Å². The Kier molecular flexibility index (Phi) is 4.62. The fourth-order valence-electron chi connectivity index (χ4n) is 2.85. The quantitative estimate of drug-likeness (QED) is 0.737. The Morgan fingerprint density at radius 2 is 1.54 bits per heavy atom. The van der Waals surface area contributed by atoms with Crippen LogP contribution in [0.25, 0.3) is 11.0 Å². The summed E-state index contributed by atoms with van der Waals surface area (Å²) in [5.41, 5.74) is 2.39. The van der Waals surface area contributed by atoms with E-state index in [1.165, 1.54) is 21.3 Å². The molecule has 8 heteroatoms. The standard InChI is InChI=1S/C18H20ClN3O3S/c1-11(2)12-5-7-13(8-6-12)20-26(24,25)17-10-16-15(9-14(17)19)21(3)18(23)22(16)4/h5-11,20H,1-4H3. The van der Waals surface area contributed by atoms with Crippen LogP contribution < -0.4 is 10.4 Å². The molecule has 0 atom stereocenters. The first kappa shape index (κ1) is 18.5. The van der Waals surface area contributed by atoms with Crippen LogP contribution in [-0.4, -0.2) is 17.6 Å². The number of aromatic nitrogens is 2. The number of nitrogens with zero attached hydrogens (tertiary/aromatic N) is 2. The van der Waals surface area contributed by atoms with Crippen molar-refractivity contribution in [1.82, 2.24) is 9.13 Å². The Labute approximate surface area is 157 Å². The van der Waals surface area contributed by atoms with Crippen LogP contribution in [0, 0.1) is 0 Å². The number of rotatable bonds is 4. The number of anilines is 1. The third-order valence-electron chi connectivity index (χ3n) is 4.44. The largest absolute Gasteiger partial charge is 0.328 e. The molecule has 0 spiro atoms. The first-order valence-electron chi connectivity index (χ1n) is 8.09. The second kappa shape index (κ2) is 6.48. The van der Waals surface area contributed by atoms with E-state index in [4.69, 9.17) is 11.6 Å². The molecule has 0 unspecified atom stereocenters. The van der Waals surface area contributed by atoms with Gasteiger partial charge in [0.15, 0.2) is 0 Å². The molecule has 138 valence electrons. The fourth-order valence-corrected chi connectivity index (χ4v) is 4.45. The SMILES string of the molecule is CC(C)c1ccc(NS(=O)(=O)c2cc3c(cc2Cl)n(C)c(=O)n3C)cc1. The van der Waals surface area contributed by atoms with Gasteiger partial charge in [-0.1, -0.05) is 37.6 Å². The van der Waals surface area contributed by atoms with Crippen molar-refractivity contribution in [1.29, 1.82) is 0 Å². The van der Waals surface area contributed by atoms with Crippen LogP contribution in [0.5, 0.6) is 0 Å². The molecule has 1 heterocycles. The van der Waals surface area contributed by atoms with E-state index in [9.17, 15) is 13.2 Å². The monoisotopic (exact) mass is 393 g/mol. The third kappa shape index (κ3) is 3.12. The zero-order valence-electron chi connectivity index (χ0n) is 14.9. The second-order valence-corrected chi connectivity index (χ2v) is 8.61. The van der Waals surface area contributed by atoms with Crippen molar-refractivity contribution in [2.45, 2.75) is 24.7 Å². The maximum absolute atomic E-state index is 12.8. The molecule has 0 fully saturated rings. The van der Waals surface area contributed by atoms with Crippen molar-refractivity contribution in [3.8, 4) is 0 Å². The lowest BCUT2D eigenvalue weighted by Gasteiger charge is -2.11. The van der Waals surface area contributed by atoms with Gasteiger partial charge in [-0.2, -0.15) is 0 Å². The number of benzene rings is 2. The van der Waals surface area contributed by atoms with Gasteiger partial charge in [-0.3, -0.25) is 13.9 Å². The number of hydrogen-bond donors (Lipinski definition) is 1. The van der Waals surface area contributed by atoms with Gasteiger partial charge in [0.25, 0.3) is 10.0 Å². The highest BCUT2D eigenvalue weighted by atomic mass is 35.5. The van der Waals surface area contributed by atoms with E-state index >= 15 is 0 Å². The van der Waals surface area contributed by atoms with Crippen LogP contribution in [0.4, 0.5) is 5.69 Å². The van der Waals surface area contributed by atoms with Gasteiger partial charge in [-0.25, -0.2) is 13.2 Å². The topological polar surface area (TPSA) is 73.1 Å². The van der Waals surface area contributed by atoms with Crippen LogP contribution in [0.15, 0.2) is 46.1 Å². The summed E-state index contributed by atoms with van der Waals surface area (Å²) in [4.78, 5) is 12.0. The normalized spacial score (nSPS) is 12.1. The van der Waals surface area contributed by atoms with Gasteiger partial charge < -0.3 is 0 Å². The molecule has 1 aromatic heterocycles. The minimum Gasteiger partial charge on any atom is -0.295 e. The zero-order valence-corrected chi connectivity index (χ0v) is 16.5. The lowest BCUT2D eigenvalue weighted by Crippen LogP contribution is -2.19. The molecule has 0 saturated heterocycles. The smallest absolute Gasteiger partial charge is 0.295 e. The van der Waals surface area contributed by atoms with Crippen molar-refractivity contribution in [3.05, 3.63) is 57.5 Å². The Bertz CT molecular complexity index is 1140. The second-order valence-electron chi connectivity index (χ2n) is 6.55. The molecule has 0 aliphatic rings. The van der Waals surface area contributed by atoms with Crippen molar-refractivity contribution in [3.63, 3.8) is 0 Å². The summed E-state index contributed by atoms with van der Waals surface area (Å²) in [6.07, 6.45) is 0. The molecule has 1 N–H and O–H groups in total. The molecule has 26 heavy (non-hydrogen) atoms. The molecule has 3 rings (SSSR count). The number of nitrogens with one attached hydrogen (secondary N) is 1. The molecule has 6 nitrogen and oxygen atoms in total. The van der Waals surface area contributed by atoms with Crippen LogP contribution >= 0.6 is 11.6 Å². The average molecular weight is 394 g/mol. The molecule has 0 aliphatic heterocycles. The predicted molar refractivity (Wildman–Crippen MR) is 105 cm³/mol. The minimum absolute atomic E-state index is 0.0602. The summed E-state index contributed by atoms with van der Waals surface area (Å²) < 4.78 is 31.0. The molecule has 0 saturated carbocycles. The van der Waals surface area contributed by atoms with Crippen molar-refractivity contribution < 1.29 is 8.42 Å². The van der Waals surface area contributed by atoms with Gasteiger partial charge in [-0.05, 0) is 35.7 Å². The molecular weight excluding hydrogens is 374 g/mol. The number of aryl methyl sites for hydroxylation is 2. The maximum Gasteiger partial charge on any atom is 0.328 e. The van der Waals surface area contributed by atoms with E-state index in [0.717, 1.165) is 5.56 Å². The lowest BCUT2D eigenvalue weighted by molar-refractivity contribution is 0.601. The summed E-state index contributed by atoms with van der Waals surface area (Å²) in [6, 6.07) is 10.1. The Morgan fingerprint density at radius 3 is 2.08 bits per heavy atom. The van der Waals surface area contributed by atoms with Crippen LogP contribution in [0.3, 0.4) is 0 Å². The summed E-state index contributed by atoms with van der Waals surface area (Å²) in [6.45, 7) is 4.14. The summed E-state index contributed by atoms with van der Waals surface area (Å²) in [5, 5.41) is 0.0602. The molecule has 3 aromatic rings. The maximum atomic E-state index is 12.8. The van der Waals surface area contributed by atoms with E-state index in [0.29, 0.717) is 22.6 Å². The van der Waals surface area contributed by atoms with Crippen molar-refractivity contribution >= 4 is 38.3 Å². The van der Waals surface area contributed by atoms with E-state index in [2.05, 4.69) is 18.6 Å². The molecule has 0 bridgehead atoms. The lowest BCUT2D eigenvalue weighted by atomic mass is 10.0. The van der Waals surface area contributed by atoms with E-state index in [1.54, 1.807) is 26.2 Å². The number of sulfonamides is 1. The van der Waals surface area contributed by atoms with Crippen molar-refractivity contribution in [2.24, 2.45) is 14.1 Å². The number of halogens is 1. The highest BCUT2D eigenvalue weighted by Crippen LogP contribution is 2.28. The van der Waals surface area contributed by atoms with Crippen molar-refractivity contribution in [2.75, 3.05) is 4.72 Å². The highest BCUT2D eigenvalue weighted by Gasteiger charge is 2.21. The number of fused-ring (bicyclic) bond motifs is 1. The van der Waals surface area contributed by atoms with Gasteiger partial charge in [0.1, 0.15) is 4.90 Å². The predicted octanol–water partition coefficient (Wildman–Crippen LogP) is 3.45. The Morgan fingerprint density at radius 1 is 1.00 bits per heavy atom. The first-order valence-corrected chi connectivity index (χ1v) is 9.95. The molecular formula is C18H20ClN3O3S. The van der Waals surface area contributed by atoms with Gasteiger partial charge in [0, 0.05) is 19.8 Å². The third-order valence-corrected chi connectivity index (χ3v) is 6.29. The van der Waals surface area contributed by atoms with Gasteiger partial charge in [-0.15, -0.1) is 0 Å². The highest BCUT2D eigenvalue weighted by molar-refractivity contribution is 7.92. The molecule has 0 aliphatic carbocycles. The molecule has 2 aromatic carbocycles. The molecule has 0 radical (unpaired) electrons. The zero-order chi connectivity index (χ0) is 19.2. The summed E-state index contributed by atoms with van der Waals surface area (Å²) in [5.74, 6) is 0.358. The molecule has 0 amide bonds. The van der Waals surface area contributed by atoms with E-state index in [-0.39, 0.29) is 15.6 Å². The number of imidazole rings is 1. The number of hydrogen-bond acceptors (Lipinski definition) is 3. The minimum atomic E-state index is -3.90. The van der Waals surface area contributed by atoms with Crippen LogP contribution in [0.1, 0.15) is 25.3 Å². The fraction of sp³-hybridized carbons (Fsp3) is 0.278. The summed E-state index contributed by atoms with van der Waals surface area (Å²) >= 11 is 6.21. The Hall–Kier alpha value is -2.25. The van der Waals surface area contributed by atoms with Gasteiger partial charge in [0.2, 0.25) is 0 Å². The van der Waals surface area contributed by atoms with E-state index in [1.807, 2.05) is 12.1 Å². The average Bonchev–Trinajstić information content (AvgIpc) is 2.78. The van der Waals surface area contributed by atoms with E-state index < -0.39 is 10.0 Å². The van der Waals surface area contributed by atoms with Crippen LogP contribution in [0.2, 0.25) is 5.02 Å². The van der Waals surface area contributed by atoms with Gasteiger partial charge in [0.05, 0.1) is 16.1 Å². The Balaban J connectivity index is 2.05. The first-order chi connectivity index (χ1) is 12.1. The van der Waals surface area contributed by atoms with Crippen LogP contribution in [-0.2, 0) is 24.1 Å².